The van der Waals surface area contributed by atoms with Crippen molar-refractivity contribution < 1.29 is 9.21 Å². The zero-order valence-electron chi connectivity index (χ0n) is 10.5. The molecule has 1 amide bonds. The molecule has 5 nitrogen and oxygen atoms in total. The quantitative estimate of drug-likeness (QED) is 0.669. The van der Waals surface area contributed by atoms with E-state index >= 15 is 0 Å². The minimum atomic E-state index is -0.417. The summed E-state index contributed by atoms with van der Waals surface area (Å²) in [5, 5.41) is 11.7. The van der Waals surface area contributed by atoms with Crippen molar-refractivity contribution >= 4 is 12.0 Å². The summed E-state index contributed by atoms with van der Waals surface area (Å²) in [5.41, 5.74) is 0.859. The lowest BCUT2D eigenvalue weighted by Gasteiger charge is -2.02. The van der Waals surface area contributed by atoms with Gasteiger partial charge in [0.1, 0.15) is 17.4 Å². The van der Waals surface area contributed by atoms with E-state index in [9.17, 15) is 4.79 Å². The van der Waals surface area contributed by atoms with Gasteiger partial charge in [-0.2, -0.15) is 5.26 Å². The summed E-state index contributed by atoms with van der Waals surface area (Å²) < 4.78 is 6.93. The number of rotatable bonds is 4. The third-order valence-corrected chi connectivity index (χ3v) is 2.64. The molecule has 5 heteroatoms. The molecular formula is C14H13N3O2. The van der Waals surface area contributed by atoms with Gasteiger partial charge >= 0.3 is 0 Å². The van der Waals surface area contributed by atoms with Crippen molar-refractivity contribution in [3.05, 3.63) is 53.8 Å². The molecule has 96 valence electrons. The van der Waals surface area contributed by atoms with E-state index in [2.05, 4.69) is 5.32 Å². The number of nitriles is 1. The Bertz CT molecular complexity index is 630. The van der Waals surface area contributed by atoms with E-state index in [1.54, 1.807) is 18.2 Å². The van der Waals surface area contributed by atoms with Gasteiger partial charge in [0.15, 0.2) is 0 Å². The fourth-order valence-corrected chi connectivity index (χ4v) is 1.60. The molecule has 0 radical (unpaired) electrons. The predicted molar refractivity (Wildman–Crippen MR) is 69.6 cm³/mol. The van der Waals surface area contributed by atoms with Gasteiger partial charge in [-0.1, -0.05) is 0 Å². The van der Waals surface area contributed by atoms with Gasteiger partial charge < -0.3 is 14.3 Å². The summed E-state index contributed by atoms with van der Waals surface area (Å²) in [6.07, 6.45) is 4.94. The zero-order chi connectivity index (χ0) is 13.7. The predicted octanol–water partition coefficient (Wildman–Crippen LogP) is 1.84. The number of carbonyl (C=O) groups excluding carboxylic acids is 1. The molecule has 1 N–H and O–H groups in total. The molecule has 2 aromatic heterocycles. The van der Waals surface area contributed by atoms with Gasteiger partial charge in [0.2, 0.25) is 0 Å². The van der Waals surface area contributed by atoms with Crippen molar-refractivity contribution in [2.75, 3.05) is 0 Å². The van der Waals surface area contributed by atoms with Crippen LogP contribution >= 0.6 is 0 Å². The standard InChI is InChI=1S/C14H13N3O2/c1-17-6-2-4-12(17)8-11(9-15)14(18)16-10-13-5-3-7-19-13/h2-8H,10H2,1H3,(H,16,18)/b11-8+. The SMILES string of the molecule is Cn1cccc1/C=C(\C#N)C(=O)NCc1ccco1. The van der Waals surface area contributed by atoms with E-state index < -0.39 is 5.91 Å². The van der Waals surface area contributed by atoms with Crippen LogP contribution in [0.1, 0.15) is 11.5 Å². The minimum absolute atomic E-state index is 0.0633. The third-order valence-electron chi connectivity index (χ3n) is 2.64. The number of nitrogens with zero attached hydrogens (tertiary/aromatic N) is 2. The van der Waals surface area contributed by atoms with E-state index in [1.165, 1.54) is 6.26 Å². The monoisotopic (exact) mass is 255 g/mol. The highest BCUT2D eigenvalue weighted by Crippen LogP contribution is 2.07. The number of hydrogen-bond acceptors (Lipinski definition) is 3. The Hall–Kier alpha value is -2.74. The molecule has 0 saturated heterocycles. The fourth-order valence-electron chi connectivity index (χ4n) is 1.60. The third kappa shape index (κ3) is 3.13. The zero-order valence-corrected chi connectivity index (χ0v) is 10.5. The lowest BCUT2D eigenvalue weighted by Crippen LogP contribution is -2.23. The normalized spacial score (nSPS) is 11.1. The summed E-state index contributed by atoms with van der Waals surface area (Å²) in [6, 6.07) is 9.08. The van der Waals surface area contributed by atoms with Crippen LogP contribution in [0.3, 0.4) is 0 Å². The van der Waals surface area contributed by atoms with Gasteiger partial charge in [-0.05, 0) is 30.3 Å². The number of aryl methyl sites for hydroxylation is 1. The van der Waals surface area contributed by atoms with Crippen molar-refractivity contribution in [3.63, 3.8) is 0 Å². The van der Waals surface area contributed by atoms with Crippen molar-refractivity contribution in [1.82, 2.24) is 9.88 Å². The summed E-state index contributed by atoms with van der Waals surface area (Å²) in [6.45, 7) is 0.262. The number of hydrogen-bond donors (Lipinski definition) is 1. The highest BCUT2D eigenvalue weighted by Gasteiger charge is 2.10. The van der Waals surface area contributed by atoms with E-state index in [4.69, 9.17) is 9.68 Å². The summed E-state index contributed by atoms with van der Waals surface area (Å²) in [5.74, 6) is 0.226. The summed E-state index contributed by atoms with van der Waals surface area (Å²) >= 11 is 0. The first-order valence-electron chi connectivity index (χ1n) is 5.74. The second kappa shape index (κ2) is 5.74. The lowest BCUT2D eigenvalue weighted by molar-refractivity contribution is -0.117. The van der Waals surface area contributed by atoms with Crippen LogP contribution < -0.4 is 5.32 Å². The molecule has 0 spiro atoms. The summed E-state index contributed by atoms with van der Waals surface area (Å²) in [4.78, 5) is 11.9. The van der Waals surface area contributed by atoms with Gasteiger partial charge in [0, 0.05) is 18.9 Å². The van der Waals surface area contributed by atoms with Gasteiger partial charge in [0.25, 0.3) is 5.91 Å². The van der Waals surface area contributed by atoms with Crippen LogP contribution in [0.25, 0.3) is 6.08 Å². The second-order valence-corrected chi connectivity index (χ2v) is 3.98. The molecule has 19 heavy (non-hydrogen) atoms. The highest BCUT2D eigenvalue weighted by molar-refractivity contribution is 6.01. The van der Waals surface area contributed by atoms with Crippen molar-refractivity contribution in [2.45, 2.75) is 6.54 Å². The molecule has 2 heterocycles. The van der Waals surface area contributed by atoms with Crippen molar-refractivity contribution in [3.8, 4) is 6.07 Å². The number of carbonyl (C=O) groups is 1. The Morgan fingerprint density at radius 3 is 2.95 bits per heavy atom. The van der Waals surface area contributed by atoms with Crippen LogP contribution in [0.5, 0.6) is 0 Å². The lowest BCUT2D eigenvalue weighted by atomic mass is 10.2. The molecule has 0 aliphatic heterocycles. The van der Waals surface area contributed by atoms with Crippen LogP contribution in [0.15, 0.2) is 46.7 Å². The molecule has 0 atom stereocenters. The Morgan fingerprint density at radius 2 is 2.37 bits per heavy atom. The number of furan rings is 1. The maximum absolute atomic E-state index is 11.9. The van der Waals surface area contributed by atoms with Crippen molar-refractivity contribution in [2.24, 2.45) is 7.05 Å². The molecule has 0 fully saturated rings. The van der Waals surface area contributed by atoms with E-state index in [0.717, 1.165) is 5.69 Å². The fraction of sp³-hybridized carbons (Fsp3) is 0.143. The Kier molecular flexibility index (Phi) is 3.84. The van der Waals surface area contributed by atoms with Crippen molar-refractivity contribution in [1.29, 1.82) is 5.26 Å². The van der Waals surface area contributed by atoms with Crippen LogP contribution in [0.4, 0.5) is 0 Å². The Morgan fingerprint density at radius 1 is 1.53 bits per heavy atom. The molecule has 0 saturated carbocycles. The molecule has 2 aromatic rings. The Balaban J connectivity index is 2.06. The smallest absolute Gasteiger partial charge is 0.262 e. The molecule has 0 aliphatic carbocycles. The topological polar surface area (TPSA) is 71.0 Å². The largest absolute Gasteiger partial charge is 0.467 e. The molecular weight excluding hydrogens is 242 g/mol. The molecule has 0 bridgehead atoms. The van der Waals surface area contributed by atoms with Gasteiger partial charge in [0.05, 0.1) is 12.8 Å². The average Bonchev–Trinajstić information content (AvgIpc) is 3.05. The number of nitrogens with one attached hydrogen (secondary N) is 1. The van der Waals surface area contributed by atoms with Gasteiger partial charge in [-0.15, -0.1) is 0 Å². The first-order valence-corrected chi connectivity index (χ1v) is 5.74. The maximum atomic E-state index is 11.9. The number of amides is 1. The first kappa shape index (κ1) is 12.7. The van der Waals surface area contributed by atoms with Crippen LogP contribution in [0, 0.1) is 11.3 Å². The van der Waals surface area contributed by atoms with Gasteiger partial charge in [-0.3, -0.25) is 4.79 Å². The van der Waals surface area contributed by atoms with Crippen LogP contribution in [-0.2, 0) is 18.4 Å². The van der Waals surface area contributed by atoms with E-state index in [-0.39, 0.29) is 12.1 Å². The highest BCUT2D eigenvalue weighted by atomic mass is 16.3. The minimum Gasteiger partial charge on any atom is -0.467 e. The molecule has 0 aliphatic rings. The molecule has 2 rings (SSSR count). The average molecular weight is 255 g/mol. The molecule has 0 aromatic carbocycles. The second-order valence-electron chi connectivity index (χ2n) is 3.98. The van der Waals surface area contributed by atoms with E-state index in [1.807, 2.05) is 36.0 Å². The number of aromatic nitrogens is 1. The molecule has 0 unspecified atom stereocenters. The first-order chi connectivity index (χ1) is 9.20. The maximum Gasteiger partial charge on any atom is 0.262 e. The van der Waals surface area contributed by atoms with Crippen LogP contribution in [0.2, 0.25) is 0 Å². The van der Waals surface area contributed by atoms with E-state index in [0.29, 0.717) is 5.76 Å². The summed E-state index contributed by atoms with van der Waals surface area (Å²) in [7, 11) is 1.85. The van der Waals surface area contributed by atoms with Crippen LogP contribution in [-0.4, -0.2) is 10.5 Å². The van der Waals surface area contributed by atoms with Gasteiger partial charge in [-0.25, -0.2) is 0 Å². The Labute approximate surface area is 110 Å².